The SMILES string of the molecule is COc1ccc(CCc2cncc(Br)n2)c(OC)c1.COc1ccc(CNc2cncc(-c3ccc4cnn(-c5cccc(C)n5)c4c3)n2)c(OC)c1.Cc1cccc(-n2ncc3ccc(B4OC(C)(C)C(C)(C)O4)cc32)n1. The Morgan fingerprint density at radius 3 is 1.73 bits per heavy atom. The molecule has 0 amide bonds. The summed E-state index contributed by atoms with van der Waals surface area (Å²) >= 11 is 3.32. The first-order valence-electron chi connectivity index (χ1n) is 25.3. The van der Waals surface area contributed by atoms with Crippen LogP contribution in [0.4, 0.5) is 5.82 Å². The molecule has 1 N–H and O–H groups in total. The number of aromatic nitrogens is 10. The Kier molecular flexibility index (Phi) is 16.8. The van der Waals surface area contributed by atoms with Gasteiger partial charge >= 0.3 is 7.12 Å². The van der Waals surface area contributed by atoms with Crippen LogP contribution in [0.3, 0.4) is 0 Å². The lowest BCUT2D eigenvalue weighted by Crippen LogP contribution is -2.41. The Hall–Kier alpha value is -8.26. The summed E-state index contributed by atoms with van der Waals surface area (Å²) in [4.78, 5) is 26.8. The molecule has 1 aliphatic heterocycles. The second-order valence-electron chi connectivity index (χ2n) is 19.4. The molecule has 398 valence electrons. The van der Waals surface area contributed by atoms with Crippen molar-refractivity contribution in [2.75, 3.05) is 33.8 Å². The van der Waals surface area contributed by atoms with Gasteiger partial charge in [0, 0.05) is 58.2 Å². The standard InChI is InChI=1S/C26H24N6O2.C19H22BN3O2.C14H15BrN2O2/c1-17-5-4-6-26(30-17)32-23-11-18(7-8-19(23)14-29-32)22-15-27-16-25(31-22)28-13-20-9-10-21(33-2)12-24(20)34-3;1-13-7-6-8-17(22-13)23-16-11-15(10-9-14(16)12-21-23)20-24-18(2,3)19(4,5)25-20;1-18-12-6-4-10(13(7-12)19-2)3-5-11-8-16-9-14(15)17-11/h4-12,14-16H,13H2,1-3H3,(H,28,31);6-12H,1-5H3;4,6-9H,3,5H2,1-2H3. The lowest BCUT2D eigenvalue weighted by Gasteiger charge is -2.32. The molecule has 10 aromatic rings. The van der Waals surface area contributed by atoms with E-state index in [4.69, 9.17) is 33.2 Å². The highest BCUT2D eigenvalue weighted by Crippen LogP contribution is 2.37. The van der Waals surface area contributed by atoms with E-state index in [-0.39, 0.29) is 18.3 Å². The molecule has 78 heavy (non-hydrogen) atoms. The van der Waals surface area contributed by atoms with E-state index in [1.54, 1.807) is 53.2 Å². The predicted octanol–water partition coefficient (Wildman–Crippen LogP) is 10.9. The van der Waals surface area contributed by atoms with Gasteiger partial charge in [0.05, 0.1) is 93.0 Å². The maximum atomic E-state index is 6.17. The van der Waals surface area contributed by atoms with Crippen LogP contribution in [0.5, 0.6) is 23.0 Å². The Morgan fingerprint density at radius 2 is 1.14 bits per heavy atom. The van der Waals surface area contributed by atoms with Gasteiger partial charge in [0.1, 0.15) is 33.4 Å². The highest BCUT2D eigenvalue weighted by molar-refractivity contribution is 9.10. The molecule has 0 aliphatic carbocycles. The summed E-state index contributed by atoms with van der Waals surface area (Å²) in [6.07, 6.45) is 12.3. The third-order valence-electron chi connectivity index (χ3n) is 13.6. The van der Waals surface area contributed by atoms with Gasteiger partial charge in [0.25, 0.3) is 0 Å². The normalized spacial score (nSPS) is 13.3. The number of hydrogen-bond acceptors (Lipinski definition) is 15. The Balaban J connectivity index is 0.000000149. The maximum Gasteiger partial charge on any atom is 0.494 e. The van der Waals surface area contributed by atoms with Crippen LogP contribution in [-0.4, -0.2) is 96.2 Å². The summed E-state index contributed by atoms with van der Waals surface area (Å²) in [6, 6.07) is 35.7. The van der Waals surface area contributed by atoms with Crippen molar-refractivity contribution in [2.45, 2.75) is 72.1 Å². The van der Waals surface area contributed by atoms with Crippen molar-refractivity contribution in [1.82, 2.24) is 49.5 Å². The van der Waals surface area contributed by atoms with Crippen molar-refractivity contribution in [3.63, 3.8) is 0 Å². The van der Waals surface area contributed by atoms with E-state index >= 15 is 0 Å². The predicted molar refractivity (Wildman–Crippen MR) is 308 cm³/mol. The van der Waals surface area contributed by atoms with Gasteiger partial charge in [-0.15, -0.1) is 0 Å². The molecular weight excluding hydrogens is 1050 g/mol. The lowest BCUT2D eigenvalue weighted by atomic mass is 9.79. The fraction of sp³-hybridized carbons (Fsp3) is 0.254. The number of nitrogens with one attached hydrogen (secondary N) is 1. The number of rotatable bonds is 14. The maximum absolute atomic E-state index is 6.17. The number of fused-ring (bicyclic) bond motifs is 2. The van der Waals surface area contributed by atoms with E-state index < -0.39 is 0 Å². The summed E-state index contributed by atoms with van der Waals surface area (Å²) in [5, 5.41) is 14.5. The summed E-state index contributed by atoms with van der Waals surface area (Å²) in [6.45, 7) is 12.7. The summed E-state index contributed by atoms with van der Waals surface area (Å²) in [5.41, 5.74) is 8.90. The van der Waals surface area contributed by atoms with Crippen LogP contribution >= 0.6 is 15.9 Å². The highest BCUT2D eigenvalue weighted by Gasteiger charge is 2.51. The molecule has 7 heterocycles. The van der Waals surface area contributed by atoms with E-state index in [0.29, 0.717) is 12.4 Å². The first kappa shape index (κ1) is 54.5. The van der Waals surface area contributed by atoms with Crippen LogP contribution in [0, 0.1) is 13.8 Å². The van der Waals surface area contributed by atoms with Gasteiger partial charge in [-0.25, -0.2) is 29.3 Å². The number of nitrogens with zero attached hydrogens (tertiary/aromatic N) is 10. The molecule has 0 bridgehead atoms. The number of methoxy groups -OCH3 is 4. The number of aryl methyl sites for hydroxylation is 4. The second-order valence-corrected chi connectivity index (χ2v) is 20.2. The minimum Gasteiger partial charge on any atom is -0.497 e. The number of halogens is 1. The summed E-state index contributed by atoms with van der Waals surface area (Å²) in [7, 11) is 6.20. The average Bonchev–Trinajstić information content (AvgIpc) is 4.16. The monoisotopic (exact) mass is 1110 g/mol. The van der Waals surface area contributed by atoms with Crippen LogP contribution in [0.15, 0.2) is 151 Å². The lowest BCUT2D eigenvalue weighted by molar-refractivity contribution is 0.00578. The minimum absolute atomic E-state index is 0.356. The first-order valence-corrected chi connectivity index (χ1v) is 26.1. The van der Waals surface area contributed by atoms with Crippen LogP contribution in [0.25, 0.3) is 44.7 Å². The molecule has 19 heteroatoms. The van der Waals surface area contributed by atoms with Crippen LogP contribution in [0.1, 0.15) is 55.9 Å². The smallest absolute Gasteiger partial charge is 0.494 e. The second kappa shape index (κ2) is 24.0. The fourth-order valence-electron chi connectivity index (χ4n) is 8.59. The number of ether oxygens (including phenoxy) is 4. The number of pyridine rings is 2. The molecule has 4 aromatic carbocycles. The van der Waals surface area contributed by atoms with Gasteiger partial charge in [0.15, 0.2) is 11.6 Å². The van der Waals surface area contributed by atoms with Gasteiger partial charge in [-0.2, -0.15) is 10.2 Å². The van der Waals surface area contributed by atoms with Crippen molar-refractivity contribution >= 4 is 56.1 Å². The molecule has 1 fully saturated rings. The zero-order chi connectivity index (χ0) is 55.0. The molecular formula is C59H61BBrN11O6. The molecule has 0 radical (unpaired) electrons. The molecule has 17 nitrogen and oxygen atoms in total. The van der Waals surface area contributed by atoms with Crippen molar-refractivity contribution in [3.05, 3.63) is 179 Å². The highest BCUT2D eigenvalue weighted by atomic mass is 79.9. The zero-order valence-electron chi connectivity index (χ0n) is 45.4. The Bertz CT molecular complexity index is 3690. The van der Waals surface area contributed by atoms with Gasteiger partial charge in [-0.1, -0.05) is 42.5 Å². The molecule has 0 spiro atoms. The van der Waals surface area contributed by atoms with E-state index in [2.05, 4.69) is 102 Å². The van der Waals surface area contributed by atoms with Crippen LogP contribution in [-0.2, 0) is 28.7 Å². The molecule has 0 atom stereocenters. The van der Waals surface area contributed by atoms with Crippen LogP contribution in [0.2, 0.25) is 0 Å². The van der Waals surface area contributed by atoms with Crippen molar-refractivity contribution in [2.24, 2.45) is 0 Å². The largest absolute Gasteiger partial charge is 0.497 e. The average molecular weight is 1110 g/mol. The van der Waals surface area contributed by atoms with Gasteiger partial charge in [-0.3, -0.25) is 9.97 Å². The van der Waals surface area contributed by atoms with E-state index in [1.165, 1.54) is 0 Å². The first-order chi connectivity index (χ1) is 37.6. The number of anilines is 1. The van der Waals surface area contributed by atoms with Crippen molar-refractivity contribution in [1.29, 1.82) is 0 Å². The molecule has 11 rings (SSSR count). The third kappa shape index (κ3) is 12.6. The number of hydrogen-bond donors (Lipinski definition) is 1. The van der Waals surface area contributed by atoms with E-state index in [0.717, 1.165) is 119 Å². The van der Waals surface area contributed by atoms with Gasteiger partial charge in [-0.05, 0) is 136 Å². The third-order valence-corrected chi connectivity index (χ3v) is 13.9. The molecule has 0 saturated carbocycles. The number of benzene rings is 4. The minimum atomic E-state index is -0.386. The molecule has 1 saturated heterocycles. The molecule has 1 aliphatic rings. The topological polar surface area (TPSA) is 180 Å². The Morgan fingerprint density at radius 1 is 0.564 bits per heavy atom. The summed E-state index contributed by atoms with van der Waals surface area (Å²) in [5.74, 6) is 5.38. The van der Waals surface area contributed by atoms with Crippen molar-refractivity contribution < 1.29 is 28.3 Å². The fourth-order valence-corrected chi connectivity index (χ4v) is 8.94. The van der Waals surface area contributed by atoms with E-state index in [9.17, 15) is 0 Å². The summed E-state index contributed by atoms with van der Waals surface area (Å²) < 4.78 is 38.1. The van der Waals surface area contributed by atoms with Crippen molar-refractivity contribution in [3.8, 4) is 45.9 Å². The molecule has 0 unspecified atom stereocenters. The van der Waals surface area contributed by atoms with Gasteiger partial charge < -0.3 is 33.6 Å². The zero-order valence-corrected chi connectivity index (χ0v) is 46.9. The quantitative estimate of drug-likeness (QED) is 0.102. The molecule has 6 aromatic heterocycles. The Labute approximate surface area is 462 Å². The van der Waals surface area contributed by atoms with Gasteiger partial charge in [0.2, 0.25) is 0 Å². The van der Waals surface area contributed by atoms with E-state index in [1.807, 2.05) is 127 Å². The van der Waals surface area contributed by atoms with Crippen LogP contribution < -0.4 is 29.7 Å².